The van der Waals surface area contributed by atoms with Gasteiger partial charge in [0.15, 0.2) is 5.82 Å². The zero-order chi connectivity index (χ0) is 18.7. The first-order valence-electron chi connectivity index (χ1n) is 8.88. The van der Waals surface area contributed by atoms with Crippen LogP contribution in [0.5, 0.6) is 0 Å². The molecule has 1 fully saturated rings. The number of aryl methyl sites for hydroxylation is 1. The maximum Gasteiger partial charge on any atom is 0.227 e. The fourth-order valence-electron chi connectivity index (χ4n) is 2.85. The molecule has 8 heteroatoms. The maximum atomic E-state index is 12.5. The molecule has 1 saturated heterocycles. The van der Waals surface area contributed by atoms with Gasteiger partial charge in [-0.2, -0.15) is 4.98 Å². The summed E-state index contributed by atoms with van der Waals surface area (Å²) < 4.78 is 6.44. The highest BCUT2D eigenvalue weighted by atomic mass is 79.9. The van der Waals surface area contributed by atoms with Gasteiger partial charge < -0.3 is 9.42 Å². The van der Waals surface area contributed by atoms with Crippen LogP contribution in [0.25, 0.3) is 0 Å². The lowest BCUT2D eigenvalue weighted by atomic mass is 9.96. The van der Waals surface area contributed by atoms with Gasteiger partial charge in [0.25, 0.3) is 0 Å². The van der Waals surface area contributed by atoms with E-state index >= 15 is 0 Å². The molecule has 2 aromatic heterocycles. The van der Waals surface area contributed by atoms with Crippen LogP contribution in [0, 0.1) is 0 Å². The molecule has 3 heterocycles. The summed E-state index contributed by atoms with van der Waals surface area (Å²) in [6, 6.07) is 4.24. The Kier molecular flexibility index (Phi) is 6.14. The quantitative estimate of drug-likeness (QED) is 0.711. The van der Waals surface area contributed by atoms with E-state index < -0.39 is 0 Å². The smallest absolute Gasteiger partial charge is 0.227 e. The minimum Gasteiger partial charge on any atom is -0.340 e. The molecule has 0 spiro atoms. The lowest BCUT2D eigenvalue weighted by molar-refractivity contribution is -0.133. The third-order valence-electron chi connectivity index (χ3n) is 4.42. The predicted molar refractivity (Wildman–Crippen MR) is 105 cm³/mol. The van der Waals surface area contributed by atoms with Gasteiger partial charge in [-0.05, 0) is 28.1 Å². The molecule has 0 unspecified atom stereocenters. The lowest BCUT2D eigenvalue weighted by Crippen LogP contribution is -2.48. The van der Waals surface area contributed by atoms with Crippen molar-refractivity contribution in [2.45, 2.75) is 45.6 Å². The molecule has 1 amide bonds. The molecule has 1 aliphatic rings. The van der Waals surface area contributed by atoms with Crippen LogP contribution in [0.4, 0.5) is 0 Å². The highest BCUT2D eigenvalue weighted by Crippen LogP contribution is 2.24. The van der Waals surface area contributed by atoms with Gasteiger partial charge in [-0.15, -0.1) is 11.3 Å². The molecule has 2 aromatic rings. The number of halogens is 1. The highest BCUT2D eigenvalue weighted by Gasteiger charge is 2.23. The highest BCUT2D eigenvalue weighted by molar-refractivity contribution is 9.11. The summed E-state index contributed by atoms with van der Waals surface area (Å²) >= 11 is 5.27. The number of rotatable bonds is 5. The summed E-state index contributed by atoms with van der Waals surface area (Å²) in [5.41, 5.74) is -0.139. The molecule has 26 heavy (non-hydrogen) atoms. The molecule has 0 saturated carbocycles. The van der Waals surface area contributed by atoms with Gasteiger partial charge in [-0.25, -0.2) is 0 Å². The fraction of sp³-hybridized carbons (Fsp3) is 0.611. The van der Waals surface area contributed by atoms with Gasteiger partial charge >= 0.3 is 0 Å². The molecule has 0 radical (unpaired) electrons. The van der Waals surface area contributed by atoms with E-state index in [-0.39, 0.29) is 11.3 Å². The van der Waals surface area contributed by atoms with Crippen molar-refractivity contribution in [2.75, 3.05) is 26.2 Å². The van der Waals surface area contributed by atoms with Gasteiger partial charge in [0, 0.05) is 55.9 Å². The first-order valence-corrected chi connectivity index (χ1v) is 10.5. The molecule has 142 valence electrons. The largest absolute Gasteiger partial charge is 0.340 e. The summed E-state index contributed by atoms with van der Waals surface area (Å²) in [5.74, 6) is 1.40. The normalized spacial score (nSPS) is 16.2. The number of hydrogen-bond acceptors (Lipinski definition) is 6. The van der Waals surface area contributed by atoms with E-state index in [2.05, 4.69) is 43.1 Å². The van der Waals surface area contributed by atoms with Crippen molar-refractivity contribution in [2.24, 2.45) is 0 Å². The second-order valence-electron chi connectivity index (χ2n) is 7.62. The number of carbonyl (C=O) groups is 1. The van der Waals surface area contributed by atoms with Gasteiger partial charge in [0.05, 0.1) is 3.79 Å². The van der Waals surface area contributed by atoms with Crippen LogP contribution in [0.2, 0.25) is 0 Å². The Morgan fingerprint density at radius 1 is 1.27 bits per heavy atom. The Hall–Kier alpha value is -1.25. The van der Waals surface area contributed by atoms with Crippen LogP contribution in [-0.4, -0.2) is 52.0 Å². The van der Waals surface area contributed by atoms with Crippen LogP contribution in [0.3, 0.4) is 0 Å². The summed E-state index contributed by atoms with van der Waals surface area (Å²) in [6.45, 7) is 10.5. The molecule has 0 bridgehead atoms. The summed E-state index contributed by atoms with van der Waals surface area (Å²) in [4.78, 5) is 22.6. The number of piperazine rings is 1. The standard InChI is InChI=1S/C18H25BrN4O2S/c1-18(2,3)17-20-15(25-21-17)6-7-16(24)23-10-8-22(9-11-23)12-13-4-5-14(19)26-13/h4-5H,6-12H2,1-3H3. The zero-order valence-electron chi connectivity index (χ0n) is 15.5. The van der Waals surface area contributed by atoms with Crippen LogP contribution in [-0.2, 0) is 23.2 Å². The van der Waals surface area contributed by atoms with E-state index in [0.717, 1.165) is 36.5 Å². The number of thiophene rings is 1. The minimum absolute atomic E-state index is 0.139. The van der Waals surface area contributed by atoms with Crippen LogP contribution < -0.4 is 0 Å². The average molecular weight is 441 g/mol. The number of aromatic nitrogens is 2. The Morgan fingerprint density at radius 3 is 2.58 bits per heavy atom. The van der Waals surface area contributed by atoms with E-state index in [1.165, 1.54) is 4.88 Å². The van der Waals surface area contributed by atoms with Gasteiger partial charge in [-0.3, -0.25) is 9.69 Å². The van der Waals surface area contributed by atoms with Crippen LogP contribution in [0.15, 0.2) is 20.4 Å². The zero-order valence-corrected chi connectivity index (χ0v) is 17.9. The van der Waals surface area contributed by atoms with Crippen molar-refractivity contribution in [3.8, 4) is 0 Å². The number of hydrogen-bond donors (Lipinski definition) is 0. The Labute approximate surface area is 166 Å². The maximum absolute atomic E-state index is 12.5. The average Bonchev–Trinajstić information content (AvgIpc) is 3.22. The second-order valence-corrected chi connectivity index (χ2v) is 10.2. The van der Waals surface area contributed by atoms with Gasteiger partial charge in [-0.1, -0.05) is 25.9 Å². The molecule has 0 N–H and O–H groups in total. The third-order valence-corrected chi connectivity index (χ3v) is 6.03. The molecule has 3 rings (SSSR count). The summed E-state index contributed by atoms with van der Waals surface area (Å²) in [6.07, 6.45) is 0.926. The monoisotopic (exact) mass is 440 g/mol. The number of nitrogens with zero attached hydrogens (tertiary/aromatic N) is 4. The first kappa shape index (κ1) is 19.5. The lowest BCUT2D eigenvalue weighted by Gasteiger charge is -2.34. The van der Waals surface area contributed by atoms with E-state index in [9.17, 15) is 4.79 Å². The Morgan fingerprint density at radius 2 is 2.00 bits per heavy atom. The summed E-state index contributed by atoms with van der Waals surface area (Å²) in [5, 5.41) is 4.01. The predicted octanol–water partition coefficient (Wildman–Crippen LogP) is 3.47. The number of amides is 1. The van der Waals surface area contributed by atoms with Crippen molar-refractivity contribution in [3.05, 3.63) is 32.5 Å². The Bertz CT molecular complexity index is 744. The van der Waals surface area contributed by atoms with Crippen molar-refractivity contribution in [3.63, 3.8) is 0 Å². The van der Waals surface area contributed by atoms with E-state index in [1.807, 2.05) is 25.7 Å². The molecular weight excluding hydrogens is 416 g/mol. The van der Waals surface area contributed by atoms with Crippen molar-refractivity contribution in [1.82, 2.24) is 19.9 Å². The van der Waals surface area contributed by atoms with Crippen LogP contribution in [0.1, 0.15) is 43.8 Å². The second kappa shape index (κ2) is 8.19. The topological polar surface area (TPSA) is 62.5 Å². The molecule has 0 aromatic carbocycles. The van der Waals surface area contributed by atoms with Crippen molar-refractivity contribution >= 4 is 33.2 Å². The van der Waals surface area contributed by atoms with Crippen molar-refractivity contribution < 1.29 is 9.32 Å². The SMILES string of the molecule is CC(C)(C)c1noc(CCC(=O)N2CCN(Cc3ccc(Br)s3)CC2)n1. The molecule has 0 aliphatic carbocycles. The van der Waals surface area contributed by atoms with E-state index in [0.29, 0.717) is 24.6 Å². The van der Waals surface area contributed by atoms with E-state index in [4.69, 9.17) is 4.52 Å². The van der Waals surface area contributed by atoms with E-state index in [1.54, 1.807) is 11.3 Å². The minimum atomic E-state index is -0.139. The number of carbonyl (C=O) groups excluding carboxylic acids is 1. The molecule has 0 atom stereocenters. The van der Waals surface area contributed by atoms with Gasteiger partial charge in [0.1, 0.15) is 0 Å². The summed E-state index contributed by atoms with van der Waals surface area (Å²) in [7, 11) is 0. The first-order chi connectivity index (χ1) is 12.3. The third kappa shape index (κ3) is 5.14. The van der Waals surface area contributed by atoms with Gasteiger partial charge in [0.2, 0.25) is 11.8 Å². The van der Waals surface area contributed by atoms with Crippen LogP contribution >= 0.6 is 27.3 Å². The molecule has 6 nitrogen and oxygen atoms in total. The molecular formula is C18H25BrN4O2S. The molecule has 1 aliphatic heterocycles. The fourth-order valence-corrected chi connectivity index (χ4v) is 4.37. The Balaban J connectivity index is 1.43. The van der Waals surface area contributed by atoms with Crippen molar-refractivity contribution in [1.29, 1.82) is 0 Å².